The average Bonchev–Trinajstić information content (AvgIpc) is 2.77. The Morgan fingerprint density at radius 3 is 2.44 bits per heavy atom. The highest BCUT2D eigenvalue weighted by Crippen LogP contribution is 2.24. The first-order valence-electron chi connectivity index (χ1n) is 6.57. The molecule has 0 aliphatic heterocycles. The second-order valence-electron chi connectivity index (χ2n) is 4.82. The summed E-state index contributed by atoms with van der Waals surface area (Å²) >= 11 is 0. The zero-order valence-electron chi connectivity index (χ0n) is 11.4. The smallest absolute Gasteiger partial charge is 0.134 e. The molecule has 2 rings (SSSR count). The summed E-state index contributed by atoms with van der Waals surface area (Å²) in [6, 6.07) is 10.6. The van der Waals surface area contributed by atoms with Gasteiger partial charge in [0.15, 0.2) is 0 Å². The maximum atomic E-state index is 5.86. The molecule has 1 aromatic heterocycles. The van der Waals surface area contributed by atoms with E-state index in [4.69, 9.17) is 4.42 Å². The van der Waals surface area contributed by atoms with Gasteiger partial charge in [0.2, 0.25) is 0 Å². The van der Waals surface area contributed by atoms with Crippen LogP contribution >= 0.6 is 0 Å². The van der Waals surface area contributed by atoms with Crippen LogP contribution in [-0.4, -0.2) is 6.54 Å². The van der Waals surface area contributed by atoms with Gasteiger partial charge in [-0.1, -0.05) is 24.1 Å². The molecular formula is C16H21NO. The Labute approximate surface area is 109 Å². The zero-order valence-corrected chi connectivity index (χ0v) is 11.4. The van der Waals surface area contributed by atoms with E-state index < -0.39 is 0 Å². The number of rotatable bonds is 5. The van der Waals surface area contributed by atoms with Crippen LogP contribution in [0.1, 0.15) is 30.2 Å². The maximum absolute atomic E-state index is 5.86. The van der Waals surface area contributed by atoms with Crippen LogP contribution in [0.15, 0.2) is 34.7 Å². The Morgan fingerprint density at radius 2 is 1.78 bits per heavy atom. The molecule has 0 saturated heterocycles. The van der Waals surface area contributed by atoms with E-state index >= 15 is 0 Å². The van der Waals surface area contributed by atoms with Gasteiger partial charge < -0.3 is 9.73 Å². The maximum Gasteiger partial charge on any atom is 0.134 e. The predicted octanol–water partition coefficient (Wildman–Crippen LogP) is 4.06. The highest BCUT2D eigenvalue weighted by atomic mass is 16.3. The molecule has 1 N–H and O–H groups in total. The Bertz CT molecular complexity index is 493. The van der Waals surface area contributed by atoms with Crippen molar-refractivity contribution in [1.82, 2.24) is 5.32 Å². The molecule has 0 amide bonds. The Hall–Kier alpha value is -1.54. The molecule has 18 heavy (non-hydrogen) atoms. The van der Waals surface area contributed by atoms with Gasteiger partial charge in [-0.2, -0.15) is 0 Å². The molecule has 0 bridgehead atoms. The first-order valence-corrected chi connectivity index (χ1v) is 6.57. The van der Waals surface area contributed by atoms with Crippen LogP contribution in [0.5, 0.6) is 0 Å². The molecule has 0 aliphatic carbocycles. The quantitative estimate of drug-likeness (QED) is 0.801. The largest absolute Gasteiger partial charge is 0.460 e. The minimum Gasteiger partial charge on any atom is -0.460 e. The van der Waals surface area contributed by atoms with Crippen LogP contribution in [0.4, 0.5) is 0 Å². The van der Waals surface area contributed by atoms with E-state index in [1.807, 2.05) is 0 Å². The summed E-state index contributed by atoms with van der Waals surface area (Å²) in [4.78, 5) is 0. The monoisotopic (exact) mass is 243 g/mol. The van der Waals surface area contributed by atoms with Crippen molar-refractivity contribution >= 4 is 0 Å². The van der Waals surface area contributed by atoms with E-state index in [2.05, 4.69) is 56.4 Å². The molecule has 2 nitrogen and oxygen atoms in total. The summed E-state index contributed by atoms with van der Waals surface area (Å²) in [5.74, 6) is 1.95. The summed E-state index contributed by atoms with van der Waals surface area (Å²) in [6.45, 7) is 8.22. The zero-order chi connectivity index (χ0) is 13.0. The van der Waals surface area contributed by atoms with Crippen molar-refractivity contribution in [2.24, 2.45) is 0 Å². The van der Waals surface area contributed by atoms with Gasteiger partial charge in [0.25, 0.3) is 0 Å². The molecule has 1 heterocycles. The summed E-state index contributed by atoms with van der Waals surface area (Å²) in [5.41, 5.74) is 3.70. The fraction of sp³-hybridized carbons (Fsp3) is 0.375. The fourth-order valence-corrected chi connectivity index (χ4v) is 2.13. The molecular weight excluding hydrogens is 222 g/mol. The van der Waals surface area contributed by atoms with Gasteiger partial charge in [-0.15, -0.1) is 0 Å². The van der Waals surface area contributed by atoms with Crippen LogP contribution in [0.3, 0.4) is 0 Å². The molecule has 0 radical (unpaired) electrons. The summed E-state index contributed by atoms with van der Waals surface area (Å²) < 4.78 is 5.86. The van der Waals surface area contributed by atoms with Crippen LogP contribution < -0.4 is 5.32 Å². The lowest BCUT2D eigenvalue weighted by atomic mass is 10.1. The lowest BCUT2D eigenvalue weighted by molar-refractivity contribution is 0.493. The van der Waals surface area contributed by atoms with E-state index in [1.54, 1.807) is 0 Å². The molecule has 2 aromatic rings. The lowest BCUT2D eigenvalue weighted by Gasteiger charge is -2.02. The van der Waals surface area contributed by atoms with E-state index in [9.17, 15) is 0 Å². The van der Waals surface area contributed by atoms with Gasteiger partial charge in [0, 0.05) is 5.56 Å². The van der Waals surface area contributed by atoms with Gasteiger partial charge in [0.1, 0.15) is 11.5 Å². The Kier molecular flexibility index (Phi) is 4.21. The standard InChI is InChI=1S/C16H21NO/c1-4-7-17-11-15-5-6-16(18-15)14-9-12(2)8-13(3)10-14/h5-6,8-10,17H,4,7,11H2,1-3H3. The molecule has 0 spiro atoms. The van der Waals surface area contributed by atoms with Crippen molar-refractivity contribution in [3.05, 3.63) is 47.2 Å². The van der Waals surface area contributed by atoms with Gasteiger partial charge in [-0.05, 0) is 51.1 Å². The van der Waals surface area contributed by atoms with Crippen LogP contribution in [0.25, 0.3) is 11.3 Å². The van der Waals surface area contributed by atoms with Crippen LogP contribution in [0, 0.1) is 13.8 Å². The average molecular weight is 243 g/mol. The molecule has 0 fully saturated rings. The lowest BCUT2D eigenvalue weighted by Crippen LogP contribution is -2.12. The van der Waals surface area contributed by atoms with Crippen molar-refractivity contribution in [3.8, 4) is 11.3 Å². The number of aryl methyl sites for hydroxylation is 2. The second-order valence-corrected chi connectivity index (χ2v) is 4.82. The molecule has 0 unspecified atom stereocenters. The van der Waals surface area contributed by atoms with E-state index in [1.165, 1.54) is 11.1 Å². The van der Waals surface area contributed by atoms with Crippen molar-refractivity contribution in [3.63, 3.8) is 0 Å². The highest BCUT2D eigenvalue weighted by molar-refractivity contribution is 5.59. The normalized spacial score (nSPS) is 10.8. The van der Waals surface area contributed by atoms with E-state index in [0.29, 0.717) is 0 Å². The molecule has 1 aromatic carbocycles. The van der Waals surface area contributed by atoms with Gasteiger partial charge in [-0.3, -0.25) is 0 Å². The third-order valence-corrected chi connectivity index (χ3v) is 2.89. The third kappa shape index (κ3) is 3.23. The highest BCUT2D eigenvalue weighted by Gasteiger charge is 2.05. The van der Waals surface area contributed by atoms with Crippen molar-refractivity contribution < 1.29 is 4.42 Å². The van der Waals surface area contributed by atoms with E-state index in [-0.39, 0.29) is 0 Å². The second kappa shape index (κ2) is 5.87. The summed E-state index contributed by atoms with van der Waals surface area (Å²) in [5, 5.41) is 3.35. The summed E-state index contributed by atoms with van der Waals surface area (Å²) in [7, 11) is 0. The van der Waals surface area contributed by atoms with E-state index in [0.717, 1.165) is 36.6 Å². The summed E-state index contributed by atoms with van der Waals surface area (Å²) in [6.07, 6.45) is 1.14. The minimum absolute atomic E-state index is 0.804. The Balaban J connectivity index is 2.13. The number of nitrogens with one attached hydrogen (secondary N) is 1. The van der Waals surface area contributed by atoms with Gasteiger partial charge >= 0.3 is 0 Å². The van der Waals surface area contributed by atoms with Crippen molar-refractivity contribution in [2.75, 3.05) is 6.54 Å². The Morgan fingerprint density at radius 1 is 1.06 bits per heavy atom. The molecule has 0 aliphatic rings. The number of hydrogen-bond acceptors (Lipinski definition) is 2. The molecule has 2 heteroatoms. The minimum atomic E-state index is 0.804. The predicted molar refractivity (Wildman–Crippen MR) is 75.6 cm³/mol. The SMILES string of the molecule is CCCNCc1ccc(-c2cc(C)cc(C)c2)o1. The fourth-order valence-electron chi connectivity index (χ4n) is 2.13. The van der Waals surface area contributed by atoms with Crippen LogP contribution in [-0.2, 0) is 6.54 Å². The van der Waals surface area contributed by atoms with Gasteiger partial charge in [0.05, 0.1) is 6.54 Å². The molecule has 0 saturated carbocycles. The number of furan rings is 1. The van der Waals surface area contributed by atoms with Crippen LogP contribution in [0.2, 0.25) is 0 Å². The third-order valence-electron chi connectivity index (χ3n) is 2.89. The van der Waals surface area contributed by atoms with Crippen molar-refractivity contribution in [2.45, 2.75) is 33.7 Å². The first-order chi connectivity index (χ1) is 8.69. The topological polar surface area (TPSA) is 25.2 Å². The number of hydrogen-bond donors (Lipinski definition) is 1. The molecule has 96 valence electrons. The first kappa shape index (κ1) is 12.9. The molecule has 0 atom stereocenters. The number of benzene rings is 1. The van der Waals surface area contributed by atoms with Gasteiger partial charge in [-0.25, -0.2) is 0 Å². The van der Waals surface area contributed by atoms with Crippen molar-refractivity contribution in [1.29, 1.82) is 0 Å².